The number of rotatable bonds is 7. The van der Waals surface area contributed by atoms with Crippen molar-refractivity contribution in [1.29, 1.82) is 0 Å². The summed E-state index contributed by atoms with van der Waals surface area (Å²) >= 11 is 3.21. The second kappa shape index (κ2) is 7.50. The van der Waals surface area contributed by atoms with Crippen molar-refractivity contribution in [1.82, 2.24) is 0 Å². The minimum absolute atomic E-state index is 0.283. The fraction of sp³-hybridized carbons (Fsp3) is 0.500. The van der Waals surface area contributed by atoms with Gasteiger partial charge in [-0.15, -0.1) is 0 Å². The zero-order valence-corrected chi connectivity index (χ0v) is 11.4. The fourth-order valence-electron chi connectivity index (χ4n) is 1.28. The topological polar surface area (TPSA) is 44.5 Å². The summed E-state index contributed by atoms with van der Waals surface area (Å²) in [5.41, 5.74) is 5.93. The first-order valence-corrected chi connectivity index (χ1v) is 6.39. The average molecular weight is 306 g/mol. The van der Waals surface area contributed by atoms with E-state index in [4.69, 9.17) is 15.2 Å². The van der Waals surface area contributed by atoms with Crippen molar-refractivity contribution < 1.29 is 13.9 Å². The first-order chi connectivity index (χ1) is 8.15. The molecule has 17 heavy (non-hydrogen) atoms. The number of ether oxygens (including phenoxy) is 2. The van der Waals surface area contributed by atoms with Crippen molar-refractivity contribution in [2.75, 3.05) is 25.6 Å². The Balaban J connectivity index is 2.36. The highest BCUT2D eigenvalue weighted by Gasteiger charge is 2.08. The molecule has 0 amide bonds. The Morgan fingerprint density at radius 1 is 1.29 bits per heavy atom. The lowest BCUT2D eigenvalue weighted by atomic mass is 10.3. The van der Waals surface area contributed by atoms with Crippen molar-refractivity contribution >= 4 is 21.6 Å². The Morgan fingerprint density at radius 2 is 2.06 bits per heavy atom. The van der Waals surface area contributed by atoms with Crippen LogP contribution in [0.4, 0.5) is 10.1 Å². The van der Waals surface area contributed by atoms with E-state index < -0.39 is 0 Å². The van der Waals surface area contributed by atoms with Crippen molar-refractivity contribution in [2.45, 2.75) is 19.8 Å². The Hall–Kier alpha value is -0.810. The number of nitrogen functional groups attached to an aromatic ring is 1. The maximum absolute atomic E-state index is 12.9. The van der Waals surface area contributed by atoms with Crippen LogP contribution in [-0.2, 0) is 4.74 Å². The van der Waals surface area contributed by atoms with Crippen molar-refractivity contribution in [3.63, 3.8) is 0 Å². The van der Waals surface area contributed by atoms with Crippen LogP contribution in [-0.4, -0.2) is 19.8 Å². The van der Waals surface area contributed by atoms with Crippen molar-refractivity contribution in [3.05, 3.63) is 22.4 Å². The van der Waals surface area contributed by atoms with E-state index in [0.717, 1.165) is 19.4 Å². The lowest BCUT2D eigenvalue weighted by Gasteiger charge is -2.11. The summed E-state index contributed by atoms with van der Waals surface area (Å²) < 4.78 is 24.2. The molecule has 0 heterocycles. The van der Waals surface area contributed by atoms with E-state index in [2.05, 4.69) is 22.9 Å². The number of hydrogen-bond donors (Lipinski definition) is 1. The fourth-order valence-corrected chi connectivity index (χ4v) is 1.85. The molecule has 0 aliphatic carbocycles. The first kappa shape index (κ1) is 14.3. The van der Waals surface area contributed by atoms with Gasteiger partial charge in [0.25, 0.3) is 0 Å². The average Bonchev–Trinajstić information content (AvgIpc) is 2.26. The second-order valence-electron chi connectivity index (χ2n) is 3.62. The molecule has 0 radical (unpaired) electrons. The summed E-state index contributed by atoms with van der Waals surface area (Å²) in [7, 11) is 0. The van der Waals surface area contributed by atoms with Crippen LogP contribution in [0.25, 0.3) is 0 Å². The number of hydrogen-bond acceptors (Lipinski definition) is 3. The first-order valence-electron chi connectivity index (χ1n) is 5.60. The van der Waals surface area contributed by atoms with E-state index in [1.165, 1.54) is 12.1 Å². The molecule has 1 rings (SSSR count). The molecule has 0 spiro atoms. The van der Waals surface area contributed by atoms with Gasteiger partial charge in [0.05, 0.1) is 16.8 Å². The minimum atomic E-state index is -0.388. The number of nitrogens with two attached hydrogens (primary N) is 1. The normalized spacial score (nSPS) is 10.5. The van der Waals surface area contributed by atoms with Gasteiger partial charge in [-0.3, -0.25) is 0 Å². The minimum Gasteiger partial charge on any atom is -0.488 e. The highest BCUT2D eigenvalue weighted by atomic mass is 79.9. The van der Waals surface area contributed by atoms with Crippen LogP contribution in [0.5, 0.6) is 5.75 Å². The lowest BCUT2D eigenvalue weighted by molar-refractivity contribution is 0.0980. The van der Waals surface area contributed by atoms with E-state index in [1.54, 1.807) is 0 Å². The molecule has 0 bridgehead atoms. The molecule has 5 heteroatoms. The van der Waals surface area contributed by atoms with Crippen molar-refractivity contribution in [2.24, 2.45) is 0 Å². The summed E-state index contributed by atoms with van der Waals surface area (Å²) in [5.74, 6) is 0.0754. The Labute approximate surface area is 109 Å². The molecule has 1 aromatic rings. The quantitative estimate of drug-likeness (QED) is 0.620. The van der Waals surface area contributed by atoms with Gasteiger partial charge in [0.1, 0.15) is 12.4 Å². The molecule has 0 atom stereocenters. The van der Waals surface area contributed by atoms with Crippen LogP contribution in [0.1, 0.15) is 19.8 Å². The van der Waals surface area contributed by atoms with Crippen LogP contribution in [0, 0.1) is 5.82 Å². The molecule has 96 valence electrons. The predicted octanol–water partition coefficient (Wildman–Crippen LogP) is 3.37. The standard InChI is InChI=1S/C12H17BrFNO2/c1-2-3-4-16-5-6-17-12-10(13)7-9(14)8-11(12)15/h7-8H,2-6,15H2,1H3. The Morgan fingerprint density at radius 3 is 2.71 bits per heavy atom. The second-order valence-corrected chi connectivity index (χ2v) is 4.47. The van der Waals surface area contributed by atoms with Gasteiger partial charge in [0, 0.05) is 12.7 Å². The van der Waals surface area contributed by atoms with E-state index >= 15 is 0 Å². The monoisotopic (exact) mass is 305 g/mol. The number of halogens is 2. The highest BCUT2D eigenvalue weighted by Crippen LogP contribution is 2.32. The van der Waals surface area contributed by atoms with Gasteiger partial charge in [-0.05, 0) is 28.4 Å². The van der Waals surface area contributed by atoms with E-state index in [0.29, 0.717) is 23.4 Å². The summed E-state index contributed by atoms with van der Waals surface area (Å²) in [6, 6.07) is 2.56. The summed E-state index contributed by atoms with van der Waals surface area (Å²) in [5, 5.41) is 0. The molecule has 2 N–H and O–H groups in total. The Bertz CT molecular complexity index is 337. The number of anilines is 1. The lowest BCUT2D eigenvalue weighted by Crippen LogP contribution is -2.09. The summed E-state index contributed by atoms with van der Waals surface area (Å²) in [6.45, 7) is 3.75. The van der Waals surface area contributed by atoms with E-state index in [9.17, 15) is 4.39 Å². The van der Waals surface area contributed by atoms with Crippen LogP contribution >= 0.6 is 15.9 Å². The largest absolute Gasteiger partial charge is 0.488 e. The van der Waals surface area contributed by atoms with Gasteiger partial charge in [-0.2, -0.15) is 0 Å². The number of unbranched alkanes of at least 4 members (excludes halogenated alkanes) is 1. The maximum atomic E-state index is 12.9. The number of benzene rings is 1. The van der Waals surface area contributed by atoms with Gasteiger partial charge in [-0.1, -0.05) is 13.3 Å². The molecule has 0 unspecified atom stereocenters. The van der Waals surface area contributed by atoms with Gasteiger partial charge in [0.2, 0.25) is 0 Å². The zero-order chi connectivity index (χ0) is 12.7. The molecule has 0 saturated heterocycles. The van der Waals surface area contributed by atoms with E-state index in [-0.39, 0.29) is 11.5 Å². The maximum Gasteiger partial charge on any atom is 0.156 e. The molecule has 0 saturated carbocycles. The molecule has 0 aromatic heterocycles. The molecular formula is C12H17BrFNO2. The molecular weight excluding hydrogens is 289 g/mol. The molecule has 1 aromatic carbocycles. The van der Waals surface area contributed by atoms with Crippen LogP contribution in [0.3, 0.4) is 0 Å². The molecule has 0 fully saturated rings. The van der Waals surface area contributed by atoms with Crippen molar-refractivity contribution in [3.8, 4) is 5.75 Å². The SMILES string of the molecule is CCCCOCCOc1c(N)cc(F)cc1Br. The van der Waals surface area contributed by atoms with Gasteiger partial charge < -0.3 is 15.2 Å². The highest BCUT2D eigenvalue weighted by molar-refractivity contribution is 9.10. The predicted molar refractivity (Wildman–Crippen MR) is 69.7 cm³/mol. The van der Waals surface area contributed by atoms with Crippen LogP contribution in [0.15, 0.2) is 16.6 Å². The summed E-state index contributed by atoms with van der Waals surface area (Å²) in [6.07, 6.45) is 2.15. The molecule has 0 aliphatic heterocycles. The zero-order valence-electron chi connectivity index (χ0n) is 9.84. The van der Waals surface area contributed by atoms with Gasteiger partial charge in [-0.25, -0.2) is 4.39 Å². The molecule has 0 aliphatic rings. The van der Waals surface area contributed by atoms with E-state index in [1.807, 2.05) is 0 Å². The third-order valence-electron chi connectivity index (χ3n) is 2.15. The van der Waals surface area contributed by atoms with Crippen LogP contribution in [0.2, 0.25) is 0 Å². The summed E-state index contributed by atoms with van der Waals surface area (Å²) in [4.78, 5) is 0. The third-order valence-corrected chi connectivity index (χ3v) is 2.74. The molecule has 3 nitrogen and oxygen atoms in total. The smallest absolute Gasteiger partial charge is 0.156 e. The van der Waals surface area contributed by atoms with Gasteiger partial charge >= 0.3 is 0 Å². The van der Waals surface area contributed by atoms with Gasteiger partial charge in [0.15, 0.2) is 5.75 Å². The van der Waals surface area contributed by atoms with Crippen LogP contribution < -0.4 is 10.5 Å². The Kier molecular flexibility index (Phi) is 6.29. The third kappa shape index (κ3) is 4.91.